The number of hydrogen-bond acceptors (Lipinski definition) is 7. The summed E-state index contributed by atoms with van der Waals surface area (Å²) in [6, 6.07) is 3.92. The van der Waals surface area contributed by atoms with Gasteiger partial charge in [-0.15, -0.1) is 0 Å². The van der Waals surface area contributed by atoms with Crippen LogP contribution in [0.3, 0.4) is 0 Å². The van der Waals surface area contributed by atoms with Crippen molar-refractivity contribution >= 4 is 22.8 Å². The van der Waals surface area contributed by atoms with Crippen molar-refractivity contribution in [1.29, 1.82) is 0 Å². The van der Waals surface area contributed by atoms with E-state index in [9.17, 15) is 4.79 Å². The van der Waals surface area contributed by atoms with Crippen molar-refractivity contribution in [3.8, 4) is 11.5 Å². The molecule has 1 N–H and O–H groups in total. The average Bonchev–Trinajstić information content (AvgIpc) is 2.66. The first-order chi connectivity index (χ1) is 12.1. The van der Waals surface area contributed by atoms with Gasteiger partial charge in [-0.05, 0) is 25.7 Å². The lowest BCUT2D eigenvalue weighted by atomic mass is 9.86. The highest BCUT2D eigenvalue weighted by atomic mass is 16.5. The number of aromatic nitrogens is 2. The molecule has 1 aromatic carbocycles. The molecule has 1 fully saturated rings. The van der Waals surface area contributed by atoms with Gasteiger partial charge in [0.2, 0.25) is 0 Å². The van der Waals surface area contributed by atoms with Crippen molar-refractivity contribution in [3.05, 3.63) is 18.3 Å². The third-order valence-corrected chi connectivity index (χ3v) is 4.66. The maximum atomic E-state index is 11.6. The van der Waals surface area contributed by atoms with E-state index >= 15 is 0 Å². The summed E-state index contributed by atoms with van der Waals surface area (Å²) in [7, 11) is 4.64. The van der Waals surface area contributed by atoms with Gasteiger partial charge in [-0.3, -0.25) is 9.78 Å². The molecule has 1 aromatic heterocycles. The summed E-state index contributed by atoms with van der Waals surface area (Å²) in [5, 5.41) is 3.42. The van der Waals surface area contributed by atoms with Crippen molar-refractivity contribution < 1.29 is 19.0 Å². The maximum Gasteiger partial charge on any atom is 0.308 e. The molecule has 7 nitrogen and oxygen atoms in total. The first kappa shape index (κ1) is 17.3. The van der Waals surface area contributed by atoms with Gasteiger partial charge < -0.3 is 19.5 Å². The van der Waals surface area contributed by atoms with Crippen molar-refractivity contribution in [2.75, 3.05) is 26.6 Å². The van der Waals surface area contributed by atoms with Gasteiger partial charge in [0, 0.05) is 18.2 Å². The van der Waals surface area contributed by atoms with E-state index < -0.39 is 0 Å². The molecule has 0 atom stereocenters. The summed E-state index contributed by atoms with van der Waals surface area (Å²) in [6.45, 7) is 0. The Hall–Kier alpha value is -2.57. The second kappa shape index (κ2) is 7.55. The normalized spacial score (nSPS) is 20.1. The minimum Gasteiger partial charge on any atom is -0.493 e. The molecule has 1 saturated carbocycles. The van der Waals surface area contributed by atoms with Gasteiger partial charge in [0.25, 0.3) is 0 Å². The lowest BCUT2D eigenvalue weighted by Crippen LogP contribution is -2.30. The smallest absolute Gasteiger partial charge is 0.308 e. The summed E-state index contributed by atoms with van der Waals surface area (Å²) < 4.78 is 15.4. The number of esters is 1. The lowest BCUT2D eigenvalue weighted by Gasteiger charge is -2.27. The molecule has 3 rings (SSSR count). The van der Waals surface area contributed by atoms with Crippen LogP contribution in [0.15, 0.2) is 18.3 Å². The van der Waals surface area contributed by atoms with Gasteiger partial charge in [-0.1, -0.05) is 0 Å². The molecule has 0 unspecified atom stereocenters. The number of ether oxygens (including phenoxy) is 3. The van der Waals surface area contributed by atoms with Crippen molar-refractivity contribution in [2.24, 2.45) is 5.92 Å². The Morgan fingerprint density at radius 3 is 2.28 bits per heavy atom. The fourth-order valence-corrected chi connectivity index (χ4v) is 3.26. The summed E-state index contributed by atoms with van der Waals surface area (Å²) in [5.41, 5.74) is 1.49. The number of benzene rings is 1. The number of fused-ring (bicyclic) bond motifs is 1. The Morgan fingerprint density at radius 2 is 1.68 bits per heavy atom. The summed E-state index contributed by atoms with van der Waals surface area (Å²) in [6.07, 6.45) is 5.20. The van der Waals surface area contributed by atoms with Gasteiger partial charge in [-0.2, -0.15) is 0 Å². The quantitative estimate of drug-likeness (QED) is 0.834. The number of carbonyl (C=O) groups is 1. The number of nitrogens with zero attached hydrogens (tertiary/aromatic N) is 2. The Balaban J connectivity index is 1.71. The third-order valence-electron chi connectivity index (χ3n) is 4.66. The van der Waals surface area contributed by atoms with E-state index in [0.717, 1.165) is 42.5 Å². The molecule has 134 valence electrons. The molecule has 0 saturated heterocycles. The van der Waals surface area contributed by atoms with Crippen LogP contribution in [0.5, 0.6) is 11.5 Å². The fourth-order valence-electron chi connectivity index (χ4n) is 3.26. The van der Waals surface area contributed by atoms with Crippen LogP contribution in [0.1, 0.15) is 25.7 Å². The predicted molar refractivity (Wildman–Crippen MR) is 94.0 cm³/mol. The highest BCUT2D eigenvalue weighted by molar-refractivity contribution is 5.80. The molecule has 1 heterocycles. The van der Waals surface area contributed by atoms with Crippen LogP contribution >= 0.6 is 0 Å². The minimum atomic E-state index is -0.106. The molecule has 0 amide bonds. The summed E-state index contributed by atoms with van der Waals surface area (Å²) in [4.78, 5) is 20.7. The van der Waals surface area contributed by atoms with Crippen molar-refractivity contribution in [2.45, 2.75) is 31.7 Å². The van der Waals surface area contributed by atoms with E-state index in [0.29, 0.717) is 11.5 Å². The zero-order chi connectivity index (χ0) is 17.8. The molecule has 0 spiro atoms. The Bertz CT molecular complexity index is 757. The zero-order valence-corrected chi connectivity index (χ0v) is 14.7. The largest absolute Gasteiger partial charge is 0.493 e. The van der Waals surface area contributed by atoms with Crippen LogP contribution in [-0.2, 0) is 9.53 Å². The molecule has 0 aliphatic heterocycles. The molecule has 7 heteroatoms. The minimum absolute atomic E-state index is 0.0162. The standard InChI is InChI=1S/C18H23N3O4/c1-23-15-8-13-14(9-16(15)24-2)21-17(10-19-13)20-12-6-4-11(5-7-12)18(22)25-3/h8-12H,4-7H2,1-3H3,(H,20,21)/t11-,12-. The number of nitrogens with one attached hydrogen (secondary N) is 1. The van der Waals surface area contributed by atoms with Crippen LogP contribution in [0.25, 0.3) is 11.0 Å². The molecular formula is C18H23N3O4. The van der Waals surface area contributed by atoms with E-state index in [2.05, 4.69) is 15.3 Å². The van der Waals surface area contributed by atoms with Gasteiger partial charge in [0.1, 0.15) is 5.82 Å². The average molecular weight is 345 g/mol. The highest BCUT2D eigenvalue weighted by Gasteiger charge is 2.27. The predicted octanol–water partition coefficient (Wildman–Crippen LogP) is 2.79. The van der Waals surface area contributed by atoms with E-state index in [-0.39, 0.29) is 17.9 Å². The highest BCUT2D eigenvalue weighted by Crippen LogP contribution is 2.31. The molecule has 1 aliphatic rings. The third kappa shape index (κ3) is 3.75. The number of rotatable bonds is 5. The van der Waals surface area contributed by atoms with Crippen LogP contribution in [0, 0.1) is 5.92 Å². The zero-order valence-electron chi connectivity index (χ0n) is 14.7. The van der Waals surface area contributed by atoms with Gasteiger partial charge in [-0.25, -0.2) is 4.98 Å². The summed E-state index contributed by atoms with van der Waals surface area (Å²) in [5.74, 6) is 1.89. The van der Waals surface area contributed by atoms with Crippen molar-refractivity contribution in [3.63, 3.8) is 0 Å². The molecule has 0 radical (unpaired) electrons. The van der Waals surface area contributed by atoms with E-state index in [1.54, 1.807) is 20.4 Å². The second-order valence-electron chi connectivity index (χ2n) is 6.17. The van der Waals surface area contributed by atoms with Crippen molar-refractivity contribution in [1.82, 2.24) is 9.97 Å². The Morgan fingerprint density at radius 1 is 1.04 bits per heavy atom. The molecule has 25 heavy (non-hydrogen) atoms. The number of anilines is 1. The molecular weight excluding hydrogens is 322 g/mol. The van der Waals surface area contributed by atoms with Gasteiger partial charge in [0.05, 0.1) is 44.5 Å². The second-order valence-corrected chi connectivity index (χ2v) is 6.17. The Kier molecular flexibility index (Phi) is 5.21. The molecule has 2 aromatic rings. The lowest BCUT2D eigenvalue weighted by molar-refractivity contribution is -0.146. The maximum absolute atomic E-state index is 11.6. The number of carbonyl (C=O) groups excluding carboxylic acids is 1. The first-order valence-electron chi connectivity index (χ1n) is 8.37. The van der Waals surface area contributed by atoms with E-state index in [1.165, 1.54) is 7.11 Å². The van der Waals surface area contributed by atoms with Gasteiger partial charge in [0.15, 0.2) is 11.5 Å². The fraction of sp³-hybridized carbons (Fsp3) is 0.500. The molecule has 1 aliphatic carbocycles. The van der Waals surface area contributed by atoms with E-state index in [1.807, 2.05) is 12.1 Å². The molecule has 0 bridgehead atoms. The SMILES string of the molecule is COc1cc2ncc(N[C@H]3CC[C@H](C(=O)OC)CC3)nc2cc1OC. The van der Waals surface area contributed by atoms with Crippen LogP contribution in [-0.4, -0.2) is 43.3 Å². The number of hydrogen-bond donors (Lipinski definition) is 1. The van der Waals surface area contributed by atoms with Crippen LogP contribution in [0.4, 0.5) is 5.82 Å². The topological polar surface area (TPSA) is 82.6 Å². The monoisotopic (exact) mass is 345 g/mol. The number of methoxy groups -OCH3 is 3. The van der Waals surface area contributed by atoms with Crippen LogP contribution < -0.4 is 14.8 Å². The van der Waals surface area contributed by atoms with Gasteiger partial charge >= 0.3 is 5.97 Å². The van der Waals surface area contributed by atoms with E-state index in [4.69, 9.17) is 14.2 Å². The summed E-state index contributed by atoms with van der Waals surface area (Å²) >= 11 is 0. The Labute approximate surface area is 146 Å². The first-order valence-corrected chi connectivity index (χ1v) is 8.37. The van der Waals surface area contributed by atoms with Crippen LogP contribution in [0.2, 0.25) is 0 Å².